The third-order valence-corrected chi connectivity index (χ3v) is 3.71. The third kappa shape index (κ3) is 2.94. The number of halogens is 1. The van der Waals surface area contributed by atoms with Crippen LogP contribution in [0.15, 0.2) is 30.7 Å². The molecule has 1 atom stereocenters. The summed E-state index contributed by atoms with van der Waals surface area (Å²) in [4.78, 5) is 29.4. The van der Waals surface area contributed by atoms with Crippen LogP contribution in [0.4, 0.5) is 5.69 Å². The number of pyridine rings is 1. The molecule has 1 unspecified atom stereocenters. The minimum atomic E-state index is -0.318. The van der Waals surface area contributed by atoms with Gasteiger partial charge in [-0.15, -0.1) is 0 Å². The van der Waals surface area contributed by atoms with Crippen molar-refractivity contribution in [2.45, 2.75) is 6.42 Å². The molecule has 0 aromatic carbocycles. The van der Waals surface area contributed by atoms with Gasteiger partial charge in [0.2, 0.25) is 11.8 Å². The quantitative estimate of drug-likeness (QED) is 0.925. The highest BCUT2D eigenvalue weighted by Gasteiger charge is 2.32. The Morgan fingerprint density at radius 3 is 2.77 bits per heavy atom. The molecule has 2 aromatic rings. The van der Waals surface area contributed by atoms with Crippen molar-refractivity contribution in [3.05, 3.63) is 35.7 Å². The summed E-state index contributed by atoms with van der Waals surface area (Å²) in [7, 11) is 1.70. The second-order valence-corrected chi connectivity index (χ2v) is 5.61. The van der Waals surface area contributed by atoms with Crippen molar-refractivity contribution in [3.8, 4) is 5.82 Å². The Hall–Kier alpha value is -2.41. The van der Waals surface area contributed by atoms with E-state index in [1.54, 1.807) is 41.2 Å². The average molecular weight is 320 g/mol. The summed E-state index contributed by atoms with van der Waals surface area (Å²) in [5.74, 6) is 0.0985. The summed E-state index contributed by atoms with van der Waals surface area (Å²) < 4.78 is 1.54. The van der Waals surface area contributed by atoms with E-state index >= 15 is 0 Å². The first-order valence-electron chi connectivity index (χ1n) is 6.74. The van der Waals surface area contributed by atoms with Crippen molar-refractivity contribution in [2.75, 3.05) is 18.9 Å². The van der Waals surface area contributed by atoms with Gasteiger partial charge in [-0.3, -0.25) is 9.59 Å². The number of likely N-dealkylation sites (tertiary alicyclic amines) is 1. The molecule has 0 bridgehead atoms. The van der Waals surface area contributed by atoms with Gasteiger partial charge in [-0.1, -0.05) is 11.6 Å². The minimum Gasteiger partial charge on any atom is -0.345 e. The molecule has 0 spiro atoms. The van der Waals surface area contributed by atoms with Crippen LogP contribution in [0.25, 0.3) is 5.82 Å². The molecule has 1 saturated heterocycles. The Balaban J connectivity index is 1.66. The molecule has 2 aromatic heterocycles. The number of anilines is 1. The second kappa shape index (κ2) is 5.76. The maximum atomic E-state index is 12.1. The Morgan fingerprint density at radius 1 is 1.41 bits per heavy atom. The van der Waals surface area contributed by atoms with Gasteiger partial charge in [0, 0.05) is 20.0 Å². The highest BCUT2D eigenvalue weighted by atomic mass is 35.5. The molecule has 114 valence electrons. The monoisotopic (exact) mass is 319 g/mol. The summed E-state index contributed by atoms with van der Waals surface area (Å²) >= 11 is 5.81. The molecule has 3 rings (SSSR count). The smallest absolute Gasteiger partial charge is 0.229 e. The zero-order valence-electron chi connectivity index (χ0n) is 11.9. The highest BCUT2D eigenvalue weighted by Crippen LogP contribution is 2.19. The molecule has 7 nitrogen and oxygen atoms in total. The van der Waals surface area contributed by atoms with E-state index in [4.69, 9.17) is 11.6 Å². The standard InChI is InChI=1S/C14H14ClN5O2/c1-19-7-9(4-13(19)21)14(22)18-11-2-3-12(16-6-11)20-8-10(15)5-17-20/h2-3,5-6,8-9H,4,7H2,1H3,(H,18,22). The molecule has 0 radical (unpaired) electrons. The first-order valence-corrected chi connectivity index (χ1v) is 7.12. The number of rotatable bonds is 3. The van der Waals surface area contributed by atoms with Gasteiger partial charge in [0.25, 0.3) is 0 Å². The van der Waals surface area contributed by atoms with Crippen molar-refractivity contribution in [2.24, 2.45) is 5.92 Å². The third-order valence-electron chi connectivity index (χ3n) is 3.51. The number of aromatic nitrogens is 3. The Labute approximate surface area is 131 Å². The van der Waals surface area contributed by atoms with Crippen LogP contribution in [0.1, 0.15) is 6.42 Å². The number of hydrogen-bond donors (Lipinski definition) is 1. The van der Waals surface area contributed by atoms with Crippen LogP contribution in [0.3, 0.4) is 0 Å². The van der Waals surface area contributed by atoms with Gasteiger partial charge in [0.15, 0.2) is 5.82 Å². The molecule has 3 heterocycles. The van der Waals surface area contributed by atoms with Crippen molar-refractivity contribution < 1.29 is 9.59 Å². The van der Waals surface area contributed by atoms with E-state index in [1.165, 1.54) is 6.20 Å². The summed E-state index contributed by atoms with van der Waals surface area (Å²) in [6, 6.07) is 3.46. The van der Waals surface area contributed by atoms with E-state index in [1.807, 2.05) is 0 Å². The van der Waals surface area contributed by atoms with Gasteiger partial charge < -0.3 is 10.2 Å². The van der Waals surface area contributed by atoms with Crippen LogP contribution in [0.5, 0.6) is 0 Å². The summed E-state index contributed by atoms with van der Waals surface area (Å²) in [5, 5.41) is 7.34. The summed E-state index contributed by atoms with van der Waals surface area (Å²) in [5.41, 5.74) is 0.578. The van der Waals surface area contributed by atoms with Crippen molar-refractivity contribution >= 4 is 29.1 Å². The molecule has 8 heteroatoms. The van der Waals surface area contributed by atoms with Gasteiger partial charge in [0.05, 0.1) is 35.2 Å². The maximum absolute atomic E-state index is 12.1. The lowest BCUT2D eigenvalue weighted by atomic mass is 10.1. The molecule has 1 aliphatic heterocycles. The lowest BCUT2D eigenvalue weighted by Crippen LogP contribution is -2.25. The Kier molecular flexibility index (Phi) is 3.81. The lowest BCUT2D eigenvalue weighted by molar-refractivity contribution is -0.127. The lowest BCUT2D eigenvalue weighted by Gasteiger charge is -2.11. The molecule has 1 N–H and O–H groups in total. The first kappa shape index (κ1) is 14.5. The molecule has 2 amide bonds. The van der Waals surface area contributed by atoms with E-state index in [2.05, 4.69) is 15.4 Å². The fourth-order valence-corrected chi connectivity index (χ4v) is 2.44. The fourth-order valence-electron chi connectivity index (χ4n) is 2.31. The van der Waals surface area contributed by atoms with E-state index in [9.17, 15) is 9.59 Å². The van der Waals surface area contributed by atoms with Gasteiger partial charge in [0.1, 0.15) is 0 Å². The molecule has 0 aliphatic carbocycles. The number of hydrogen-bond acceptors (Lipinski definition) is 4. The maximum Gasteiger partial charge on any atom is 0.229 e. The van der Waals surface area contributed by atoms with Crippen molar-refractivity contribution in [1.82, 2.24) is 19.7 Å². The van der Waals surface area contributed by atoms with Gasteiger partial charge in [-0.05, 0) is 12.1 Å². The van der Waals surface area contributed by atoms with Gasteiger partial charge in [-0.25, -0.2) is 9.67 Å². The molecule has 0 saturated carbocycles. The number of amides is 2. The van der Waals surface area contributed by atoms with Crippen LogP contribution < -0.4 is 5.32 Å². The zero-order chi connectivity index (χ0) is 15.7. The van der Waals surface area contributed by atoms with Gasteiger partial charge >= 0.3 is 0 Å². The van der Waals surface area contributed by atoms with Crippen LogP contribution >= 0.6 is 11.6 Å². The van der Waals surface area contributed by atoms with Crippen LogP contribution in [-0.4, -0.2) is 45.1 Å². The molecular weight excluding hydrogens is 306 g/mol. The Bertz CT molecular complexity index is 712. The summed E-state index contributed by atoms with van der Waals surface area (Å²) in [6.45, 7) is 0.446. The predicted octanol–water partition coefficient (Wildman–Crippen LogP) is 1.34. The average Bonchev–Trinajstić information content (AvgIpc) is 3.07. The molecule has 1 aliphatic rings. The highest BCUT2D eigenvalue weighted by molar-refractivity contribution is 6.30. The van der Waals surface area contributed by atoms with E-state index in [0.717, 1.165) is 0 Å². The van der Waals surface area contributed by atoms with Crippen LogP contribution in [0, 0.1) is 5.92 Å². The minimum absolute atomic E-state index is 0.0100. The topological polar surface area (TPSA) is 80.1 Å². The van der Waals surface area contributed by atoms with E-state index in [-0.39, 0.29) is 24.2 Å². The fraction of sp³-hybridized carbons (Fsp3) is 0.286. The number of carbonyl (C=O) groups is 2. The number of nitrogens with zero attached hydrogens (tertiary/aromatic N) is 4. The number of nitrogens with one attached hydrogen (secondary N) is 1. The van der Waals surface area contributed by atoms with Crippen LogP contribution in [0.2, 0.25) is 5.02 Å². The first-order chi connectivity index (χ1) is 10.5. The van der Waals surface area contributed by atoms with Crippen molar-refractivity contribution in [1.29, 1.82) is 0 Å². The SMILES string of the molecule is CN1CC(C(=O)Nc2ccc(-n3cc(Cl)cn3)nc2)CC1=O. The summed E-state index contributed by atoms with van der Waals surface area (Å²) in [6.07, 6.45) is 4.96. The molecule has 22 heavy (non-hydrogen) atoms. The molecular formula is C14H14ClN5O2. The molecule has 1 fully saturated rings. The Morgan fingerprint density at radius 2 is 2.23 bits per heavy atom. The zero-order valence-corrected chi connectivity index (χ0v) is 12.6. The number of carbonyl (C=O) groups excluding carboxylic acids is 2. The van der Waals surface area contributed by atoms with Crippen molar-refractivity contribution in [3.63, 3.8) is 0 Å². The predicted molar refractivity (Wildman–Crippen MR) is 80.7 cm³/mol. The van der Waals surface area contributed by atoms with E-state index in [0.29, 0.717) is 23.1 Å². The van der Waals surface area contributed by atoms with Gasteiger partial charge in [-0.2, -0.15) is 5.10 Å². The van der Waals surface area contributed by atoms with Crippen LogP contribution in [-0.2, 0) is 9.59 Å². The largest absolute Gasteiger partial charge is 0.345 e. The second-order valence-electron chi connectivity index (χ2n) is 5.17. The normalized spacial score (nSPS) is 17.8. The van der Waals surface area contributed by atoms with E-state index < -0.39 is 0 Å².